The fourth-order valence-electron chi connectivity index (χ4n) is 1.80. The third-order valence-corrected chi connectivity index (χ3v) is 3.10. The number of ether oxygens (including phenoxy) is 1. The second-order valence-electron chi connectivity index (χ2n) is 4.22. The molecule has 0 amide bonds. The number of nitrogens with zero attached hydrogens (tertiary/aromatic N) is 1. The van der Waals surface area contributed by atoms with E-state index >= 15 is 0 Å². The van der Waals surface area contributed by atoms with Crippen molar-refractivity contribution in [2.75, 3.05) is 11.9 Å². The van der Waals surface area contributed by atoms with Crippen LogP contribution in [-0.4, -0.2) is 11.6 Å². The second-order valence-corrected chi connectivity index (χ2v) is 4.58. The number of aromatic nitrogens is 1. The first-order chi connectivity index (χ1) is 9.20. The number of rotatable bonds is 5. The predicted octanol–water partition coefficient (Wildman–Crippen LogP) is 4.05. The van der Waals surface area contributed by atoms with E-state index in [0.717, 1.165) is 17.0 Å². The van der Waals surface area contributed by atoms with E-state index in [1.807, 2.05) is 44.2 Å². The van der Waals surface area contributed by atoms with Gasteiger partial charge in [0.15, 0.2) is 5.15 Å². The van der Waals surface area contributed by atoms with Gasteiger partial charge in [-0.05, 0) is 43.2 Å². The molecule has 0 saturated carbocycles. The molecule has 0 aliphatic rings. The summed E-state index contributed by atoms with van der Waals surface area (Å²) in [5.41, 5.74) is 3.15. The summed E-state index contributed by atoms with van der Waals surface area (Å²) in [6.45, 7) is 5.37. The number of pyridine rings is 1. The number of hydrogen-bond donors (Lipinski definition) is 1. The standard InChI is InChI=1S/C15H17ClN2O/c1-3-19-13-6-4-12(5-7-13)10-18-14-11(2)8-9-17-15(14)16/h4-9,18H,3,10H2,1-2H3. The highest BCUT2D eigenvalue weighted by Gasteiger charge is 2.04. The number of hydrogen-bond acceptors (Lipinski definition) is 3. The van der Waals surface area contributed by atoms with Crippen LogP contribution in [0.1, 0.15) is 18.1 Å². The van der Waals surface area contributed by atoms with E-state index in [-0.39, 0.29) is 0 Å². The first-order valence-corrected chi connectivity index (χ1v) is 6.65. The quantitative estimate of drug-likeness (QED) is 0.837. The Labute approximate surface area is 118 Å². The molecule has 0 unspecified atom stereocenters. The van der Waals surface area contributed by atoms with Crippen molar-refractivity contribution in [2.45, 2.75) is 20.4 Å². The molecule has 19 heavy (non-hydrogen) atoms. The van der Waals surface area contributed by atoms with Gasteiger partial charge in [-0.3, -0.25) is 0 Å². The van der Waals surface area contributed by atoms with Gasteiger partial charge in [-0.2, -0.15) is 0 Å². The smallest absolute Gasteiger partial charge is 0.152 e. The fraction of sp³-hybridized carbons (Fsp3) is 0.267. The third-order valence-electron chi connectivity index (χ3n) is 2.82. The van der Waals surface area contributed by atoms with E-state index < -0.39 is 0 Å². The minimum absolute atomic E-state index is 0.505. The lowest BCUT2D eigenvalue weighted by Gasteiger charge is -2.11. The highest BCUT2D eigenvalue weighted by Crippen LogP contribution is 2.23. The van der Waals surface area contributed by atoms with Gasteiger partial charge in [-0.1, -0.05) is 23.7 Å². The molecule has 4 heteroatoms. The zero-order valence-electron chi connectivity index (χ0n) is 11.1. The minimum Gasteiger partial charge on any atom is -0.494 e. The Morgan fingerprint density at radius 2 is 1.95 bits per heavy atom. The average Bonchev–Trinajstić information content (AvgIpc) is 2.40. The molecule has 3 nitrogen and oxygen atoms in total. The maximum Gasteiger partial charge on any atom is 0.152 e. The summed E-state index contributed by atoms with van der Waals surface area (Å²) in [4.78, 5) is 4.07. The van der Waals surface area contributed by atoms with Crippen LogP contribution in [0.25, 0.3) is 0 Å². The predicted molar refractivity (Wildman–Crippen MR) is 78.9 cm³/mol. The van der Waals surface area contributed by atoms with Crippen LogP contribution in [0.2, 0.25) is 5.15 Å². The van der Waals surface area contributed by atoms with Crippen molar-refractivity contribution in [1.82, 2.24) is 4.98 Å². The third kappa shape index (κ3) is 3.61. The summed E-state index contributed by atoms with van der Waals surface area (Å²) in [5, 5.41) is 3.82. The van der Waals surface area contributed by atoms with Crippen molar-refractivity contribution in [2.24, 2.45) is 0 Å². The molecule has 0 aliphatic heterocycles. The molecule has 2 rings (SSSR count). The van der Waals surface area contributed by atoms with Gasteiger partial charge in [0, 0.05) is 12.7 Å². The Morgan fingerprint density at radius 1 is 1.21 bits per heavy atom. The minimum atomic E-state index is 0.505. The lowest BCUT2D eigenvalue weighted by atomic mass is 10.2. The first kappa shape index (κ1) is 13.7. The Morgan fingerprint density at radius 3 is 2.58 bits per heavy atom. The van der Waals surface area contributed by atoms with E-state index in [1.54, 1.807) is 6.20 Å². The molecule has 100 valence electrons. The van der Waals surface area contributed by atoms with Crippen molar-refractivity contribution in [1.29, 1.82) is 0 Å². The lowest BCUT2D eigenvalue weighted by Crippen LogP contribution is -2.02. The summed E-state index contributed by atoms with van der Waals surface area (Å²) >= 11 is 6.07. The van der Waals surface area contributed by atoms with E-state index in [2.05, 4.69) is 10.3 Å². The molecule has 0 atom stereocenters. The van der Waals surface area contributed by atoms with Crippen LogP contribution in [0.3, 0.4) is 0 Å². The molecular formula is C15H17ClN2O. The van der Waals surface area contributed by atoms with Gasteiger partial charge < -0.3 is 10.1 Å². The molecule has 0 bridgehead atoms. The maximum absolute atomic E-state index is 6.07. The monoisotopic (exact) mass is 276 g/mol. The van der Waals surface area contributed by atoms with Crippen molar-refractivity contribution in [3.8, 4) is 5.75 Å². The zero-order valence-corrected chi connectivity index (χ0v) is 11.9. The normalized spacial score (nSPS) is 10.3. The van der Waals surface area contributed by atoms with Gasteiger partial charge in [0.2, 0.25) is 0 Å². The van der Waals surface area contributed by atoms with E-state index in [9.17, 15) is 0 Å². The van der Waals surface area contributed by atoms with Crippen LogP contribution in [-0.2, 0) is 6.54 Å². The van der Waals surface area contributed by atoms with Crippen molar-refractivity contribution >= 4 is 17.3 Å². The zero-order chi connectivity index (χ0) is 13.7. The Bertz CT molecular complexity index is 520. The maximum atomic E-state index is 6.07. The molecule has 1 heterocycles. The SMILES string of the molecule is CCOc1ccc(CNc2c(C)ccnc2Cl)cc1. The van der Waals surface area contributed by atoms with Gasteiger partial charge in [-0.15, -0.1) is 0 Å². The van der Waals surface area contributed by atoms with Crippen molar-refractivity contribution in [3.63, 3.8) is 0 Å². The summed E-state index contributed by atoms with van der Waals surface area (Å²) in [6, 6.07) is 9.96. The van der Waals surface area contributed by atoms with E-state index in [1.165, 1.54) is 5.56 Å². The molecule has 1 aromatic heterocycles. The Balaban J connectivity index is 2.02. The van der Waals surface area contributed by atoms with Crippen molar-refractivity contribution < 1.29 is 4.74 Å². The Hall–Kier alpha value is -1.74. The topological polar surface area (TPSA) is 34.1 Å². The number of benzene rings is 1. The van der Waals surface area contributed by atoms with E-state index in [0.29, 0.717) is 18.3 Å². The van der Waals surface area contributed by atoms with Crippen LogP contribution >= 0.6 is 11.6 Å². The van der Waals surface area contributed by atoms with Crippen LogP contribution in [0.15, 0.2) is 36.5 Å². The number of aryl methyl sites for hydroxylation is 1. The lowest BCUT2D eigenvalue weighted by molar-refractivity contribution is 0.340. The molecule has 2 aromatic rings. The number of anilines is 1. The average molecular weight is 277 g/mol. The van der Waals surface area contributed by atoms with Gasteiger partial charge in [0.1, 0.15) is 5.75 Å². The van der Waals surface area contributed by atoms with Crippen molar-refractivity contribution in [3.05, 3.63) is 52.8 Å². The van der Waals surface area contributed by atoms with Gasteiger partial charge >= 0.3 is 0 Å². The highest BCUT2D eigenvalue weighted by atomic mass is 35.5. The van der Waals surface area contributed by atoms with Gasteiger partial charge in [-0.25, -0.2) is 4.98 Å². The fourth-order valence-corrected chi connectivity index (χ4v) is 2.07. The van der Waals surface area contributed by atoms with Crippen LogP contribution in [0, 0.1) is 6.92 Å². The van der Waals surface area contributed by atoms with Gasteiger partial charge in [0.25, 0.3) is 0 Å². The summed E-state index contributed by atoms with van der Waals surface area (Å²) in [7, 11) is 0. The summed E-state index contributed by atoms with van der Waals surface area (Å²) < 4.78 is 5.41. The van der Waals surface area contributed by atoms with Gasteiger partial charge in [0.05, 0.1) is 12.3 Å². The molecule has 1 aromatic carbocycles. The molecule has 0 aliphatic carbocycles. The van der Waals surface area contributed by atoms with E-state index in [4.69, 9.17) is 16.3 Å². The molecule has 0 saturated heterocycles. The largest absolute Gasteiger partial charge is 0.494 e. The van der Waals surface area contributed by atoms with Crippen LogP contribution in [0.4, 0.5) is 5.69 Å². The van der Waals surface area contributed by atoms with Crippen LogP contribution in [0.5, 0.6) is 5.75 Å². The highest BCUT2D eigenvalue weighted by molar-refractivity contribution is 6.32. The Kier molecular flexibility index (Phi) is 4.63. The molecule has 0 radical (unpaired) electrons. The number of halogens is 1. The molecule has 1 N–H and O–H groups in total. The second kappa shape index (κ2) is 6.43. The molecule has 0 fully saturated rings. The summed E-state index contributed by atoms with van der Waals surface area (Å²) in [6.07, 6.45) is 1.71. The molecular weight excluding hydrogens is 260 g/mol. The molecule has 0 spiro atoms. The summed E-state index contributed by atoms with van der Waals surface area (Å²) in [5.74, 6) is 0.891. The first-order valence-electron chi connectivity index (χ1n) is 6.27. The number of nitrogens with one attached hydrogen (secondary N) is 1. The van der Waals surface area contributed by atoms with Crippen LogP contribution < -0.4 is 10.1 Å².